The van der Waals surface area contributed by atoms with Gasteiger partial charge in [-0.3, -0.25) is 9.59 Å². The molecule has 28 heavy (non-hydrogen) atoms. The Bertz CT molecular complexity index is 764. The van der Waals surface area contributed by atoms with Crippen molar-refractivity contribution in [1.82, 2.24) is 10.2 Å². The minimum atomic E-state index is -0.539. The van der Waals surface area contributed by atoms with Gasteiger partial charge in [-0.1, -0.05) is 49.4 Å². The van der Waals surface area contributed by atoms with Gasteiger partial charge in [-0.25, -0.2) is 0 Å². The highest BCUT2D eigenvalue weighted by molar-refractivity contribution is 5.88. The monoisotopic (exact) mass is 384 g/mol. The number of ether oxygens (including phenoxy) is 2. The molecule has 1 N–H and O–H groups in total. The Morgan fingerprint density at radius 2 is 1.68 bits per heavy atom. The zero-order chi connectivity index (χ0) is 20.4. The molecule has 150 valence electrons. The number of nitrogens with zero attached hydrogens (tertiary/aromatic N) is 1. The van der Waals surface area contributed by atoms with Crippen LogP contribution in [0, 0.1) is 0 Å². The third kappa shape index (κ3) is 5.74. The highest BCUT2D eigenvalue weighted by atomic mass is 16.5. The van der Waals surface area contributed by atoms with Crippen LogP contribution in [0.3, 0.4) is 0 Å². The Kier molecular flexibility index (Phi) is 8.34. The molecule has 0 saturated heterocycles. The lowest BCUT2D eigenvalue weighted by Crippen LogP contribution is -2.50. The smallest absolute Gasteiger partial charge is 0.261 e. The van der Waals surface area contributed by atoms with Crippen molar-refractivity contribution in [2.24, 2.45) is 0 Å². The van der Waals surface area contributed by atoms with Crippen molar-refractivity contribution in [1.29, 1.82) is 0 Å². The molecule has 0 aliphatic heterocycles. The first-order chi connectivity index (χ1) is 13.6. The van der Waals surface area contributed by atoms with E-state index in [4.69, 9.17) is 9.47 Å². The molecule has 0 fully saturated rings. The summed E-state index contributed by atoms with van der Waals surface area (Å²) >= 11 is 0. The molecule has 0 aliphatic carbocycles. The molecule has 6 nitrogen and oxygen atoms in total. The summed E-state index contributed by atoms with van der Waals surface area (Å²) in [6.07, 6.45) is 1.18. The van der Waals surface area contributed by atoms with Crippen LogP contribution in [-0.4, -0.2) is 50.1 Å². The number of hydrogen-bond acceptors (Lipinski definition) is 4. The summed E-state index contributed by atoms with van der Waals surface area (Å²) < 4.78 is 10.9. The maximum atomic E-state index is 12.9. The molecular weight excluding hydrogens is 356 g/mol. The SMILES string of the molecule is CCC(C(=O)NC)N(CCc1ccccc1)C(=O)COc1ccccc1OC. The van der Waals surface area contributed by atoms with Gasteiger partial charge < -0.3 is 19.7 Å². The fourth-order valence-corrected chi connectivity index (χ4v) is 3.02. The minimum absolute atomic E-state index is 0.164. The molecule has 1 unspecified atom stereocenters. The van der Waals surface area contributed by atoms with Gasteiger partial charge in [0.2, 0.25) is 5.91 Å². The second-order valence-corrected chi connectivity index (χ2v) is 6.30. The Morgan fingerprint density at radius 1 is 1.04 bits per heavy atom. The molecule has 0 saturated carbocycles. The molecule has 2 rings (SSSR count). The molecule has 0 heterocycles. The summed E-state index contributed by atoms with van der Waals surface area (Å²) in [5, 5.41) is 2.65. The van der Waals surface area contributed by atoms with Crippen LogP contribution >= 0.6 is 0 Å². The Morgan fingerprint density at radius 3 is 2.29 bits per heavy atom. The zero-order valence-corrected chi connectivity index (χ0v) is 16.7. The number of carbonyl (C=O) groups is 2. The van der Waals surface area contributed by atoms with Crippen molar-refractivity contribution >= 4 is 11.8 Å². The van der Waals surface area contributed by atoms with Crippen LogP contribution in [0.15, 0.2) is 54.6 Å². The molecule has 0 bridgehead atoms. The van der Waals surface area contributed by atoms with E-state index in [2.05, 4.69) is 5.32 Å². The summed E-state index contributed by atoms with van der Waals surface area (Å²) in [7, 11) is 3.13. The maximum absolute atomic E-state index is 12.9. The van der Waals surface area contributed by atoms with E-state index in [1.54, 1.807) is 31.2 Å². The van der Waals surface area contributed by atoms with Crippen LogP contribution in [0.5, 0.6) is 11.5 Å². The number of hydrogen-bond donors (Lipinski definition) is 1. The lowest BCUT2D eigenvalue weighted by atomic mass is 10.1. The number of benzene rings is 2. The number of rotatable bonds is 10. The van der Waals surface area contributed by atoms with Crippen molar-refractivity contribution in [3.63, 3.8) is 0 Å². The molecule has 2 amide bonds. The molecule has 0 aliphatic rings. The van der Waals surface area contributed by atoms with Gasteiger partial charge in [0, 0.05) is 13.6 Å². The molecule has 2 aromatic rings. The van der Waals surface area contributed by atoms with Crippen LogP contribution in [-0.2, 0) is 16.0 Å². The summed E-state index contributed by atoms with van der Waals surface area (Å²) in [5.74, 6) is 0.636. The molecule has 0 radical (unpaired) electrons. The molecule has 0 aromatic heterocycles. The summed E-state index contributed by atoms with van der Waals surface area (Å²) in [6.45, 7) is 2.16. The molecule has 1 atom stereocenters. The number of likely N-dealkylation sites (N-methyl/N-ethyl adjacent to an activating group) is 1. The normalized spacial score (nSPS) is 11.4. The second-order valence-electron chi connectivity index (χ2n) is 6.30. The van der Waals surface area contributed by atoms with Gasteiger partial charge in [-0.15, -0.1) is 0 Å². The first-order valence-corrected chi connectivity index (χ1v) is 9.41. The van der Waals surface area contributed by atoms with Crippen LogP contribution < -0.4 is 14.8 Å². The van der Waals surface area contributed by atoms with Crippen LogP contribution in [0.2, 0.25) is 0 Å². The van der Waals surface area contributed by atoms with Crippen molar-refractivity contribution in [3.8, 4) is 11.5 Å². The highest BCUT2D eigenvalue weighted by Gasteiger charge is 2.28. The van der Waals surface area contributed by atoms with E-state index in [0.29, 0.717) is 30.9 Å². The van der Waals surface area contributed by atoms with Crippen LogP contribution in [0.4, 0.5) is 0 Å². The van der Waals surface area contributed by atoms with E-state index in [1.807, 2.05) is 49.4 Å². The Labute approximate surface area is 166 Å². The van der Waals surface area contributed by atoms with Gasteiger partial charge in [0.25, 0.3) is 5.91 Å². The first-order valence-electron chi connectivity index (χ1n) is 9.41. The van der Waals surface area contributed by atoms with Crippen LogP contribution in [0.25, 0.3) is 0 Å². The van der Waals surface area contributed by atoms with Crippen molar-refractivity contribution in [3.05, 3.63) is 60.2 Å². The number of para-hydroxylation sites is 2. The second kappa shape index (κ2) is 11.0. The van der Waals surface area contributed by atoms with E-state index < -0.39 is 6.04 Å². The standard InChI is InChI=1S/C22H28N2O4/c1-4-18(22(26)23-2)24(15-14-17-10-6-5-7-11-17)21(25)16-28-20-13-9-8-12-19(20)27-3/h5-13,18H,4,14-16H2,1-3H3,(H,23,26). The van der Waals surface area contributed by atoms with E-state index in [-0.39, 0.29) is 18.4 Å². The predicted molar refractivity (Wildman–Crippen MR) is 108 cm³/mol. The average molecular weight is 384 g/mol. The lowest BCUT2D eigenvalue weighted by molar-refractivity contribution is -0.142. The van der Waals surface area contributed by atoms with Gasteiger partial charge in [-0.05, 0) is 30.5 Å². The number of carbonyl (C=O) groups excluding carboxylic acids is 2. The van der Waals surface area contributed by atoms with Crippen molar-refractivity contribution < 1.29 is 19.1 Å². The minimum Gasteiger partial charge on any atom is -0.493 e. The van der Waals surface area contributed by atoms with Crippen molar-refractivity contribution in [2.45, 2.75) is 25.8 Å². The Hall–Kier alpha value is -3.02. The molecule has 2 aromatic carbocycles. The predicted octanol–water partition coefficient (Wildman–Crippen LogP) is 2.67. The number of methoxy groups -OCH3 is 1. The average Bonchev–Trinajstić information content (AvgIpc) is 2.75. The fraction of sp³-hybridized carbons (Fsp3) is 0.364. The van der Waals surface area contributed by atoms with Gasteiger partial charge >= 0.3 is 0 Å². The van der Waals surface area contributed by atoms with Gasteiger partial charge in [0.15, 0.2) is 18.1 Å². The van der Waals surface area contributed by atoms with Crippen molar-refractivity contribution in [2.75, 3.05) is 27.3 Å². The molecule has 6 heteroatoms. The first kappa shape index (κ1) is 21.3. The summed E-state index contributed by atoms with van der Waals surface area (Å²) in [5.41, 5.74) is 1.11. The quantitative estimate of drug-likeness (QED) is 0.684. The Balaban J connectivity index is 2.11. The third-order valence-corrected chi connectivity index (χ3v) is 4.54. The van der Waals surface area contributed by atoms with Crippen LogP contribution in [0.1, 0.15) is 18.9 Å². The van der Waals surface area contributed by atoms with Gasteiger partial charge in [0.05, 0.1) is 7.11 Å². The van der Waals surface area contributed by atoms with E-state index in [9.17, 15) is 9.59 Å². The highest BCUT2D eigenvalue weighted by Crippen LogP contribution is 2.25. The van der Waals surface area contributed by atoms with E-state index >= 15 is 0 Å². The summed E-state index contributed by atoms with van der Waals surface area (Å²) in [4.78, 5) is 26.8. The third-order valence-electron chi connectivity index (χ3n) is 4.54. The molecular formula is C22H28N2O4. The fourth-order valence-electron chi connectivity index (χ4n) is 3.02. The molecule has 0 spiro atoms. The maximum Gasteiger partial charge on any atom is 0.261 e. The lowest BCUT2D eigenvalue weighted by Gasteiger charge is -2.30. The summed E-state index contributed by atoms with van der Waals surface area (Å²) in [6, 6.07) is 16.5. The van der Waals surface area contributed by atoms with Gasteiger partial charge in [-0.2, -0.15) is 0 Å². The zero-order valence-electron chi connectivity index (χ0n) is 16.7. The van der Waals surface area contributed by atoms with E-state index in [0.717, 1.165) is 5.56 Å². The topological polar surface area (TPSA) is 67.9 Å². The number of nitrogens with one attached hydrogen (secondary N) is 1. The number of amides is 2. The van der Waals surface area contributed by atoms with Gasteiger partial charge in [0.1, 0.15) is 6.04 Å². The van der Waals surface area contributed by atoms with E-state index in [1.165, 1.54) is 0 Å². The largest absolute Gasteiger partial charge is 0.493 e.